The summed E-state index contributed by atoms with van der Waals surface area (Å²) in [5.41, 5.74) is 0. The van der Waals surface area contributed by atoms with E-state index in [0.29, 0.717) is 24.2 Å². The quantitative estimate of drug-likeness (QED) is 0.764. The minimum atomic E-state index is -3.30. The molecule has 2 N–H and O–H groups in total. The van der Waals surface area contributed by atoms with Gasteiger partial charge in [0.25, 0.3) is 0 Å². The van der Waals surface area contributed by atoms with Gasteiger partial charge in [-0.2, -0.15) is 0 Å². The summed E-state index contributed by atoms with van der Waals surface area (Å²) >= 11 is 0. The largest absolute Gasteiger partial charge is 0.444 e. The van der Waals surface area contributed by atoms with Gasteiger partial charge in [0.05, 0.1) is 18.0 Å². The highest BCUT2D eigenvalue weighted by molar-refractivity contribution is 7.89. The molecule has 1 unspecified atom stereocenters. The maximum atomic E-state index is 11.8. The third kappa shape index (κ3) is 4.08. The summed E-state index contributed by atoms with van der Waals surface area (Å²) < 4.78 is 31.5. The summed E-state index contributed by atoms with van der Waals surface area (Å²) in [4.78, 5) is 4.01. The van der Waals surface area contributed by atoms with E-state index in [1.165, 1.54) is 0 Å². The molecule has 1 heterocycles. The molecule has 0 aromatic carbocycles. The van der Waals surface area contributed by atoms with E-state index in [0.717, 1.165) is 12.8 Å². The Morgan fingerprint density at radius 3 is 2.83 bits per heavy atom. The molecule has 0 aliphatic heterocycles. The van der Waals surface area contributed by atoms with Gasteiger partial charge in [0.1, 0.15) is 5.76 Å². The maximum absolute atomic E-state index is 11.8. The van der Waals surface area contributed by atoms with Crippen molar-refractivity contribution in [1.82, 2.24) is 15.0 Å². The summed E-state index contributed by atoms with van der Waals surface area (Å²) in [5, 5.41) is 3.17. The molecule has 0 bridgehead atoms. The molecule has 6 nitrogen and oxygen atoms in total. The van der Waals surface area contributed by atoms with E-state index in [1.54, 1.807) is 20.0 Å². The van der Waals surface area contributed by atoms with Crippen LogP contribution in [-0.4, -0.2) is 31.7 Å². The van der Waals surface area contributed by atoms with Crippen molar-refractivity contribution in [3.8, 4) is 0 Å². The van der Waals surface area contributed by atoms with E-state index in [2.05, 4.69) is 15.0 Å². The second kappa shape index (κ2) is 5.38. The standard InChI is InChI=1S/C11H19N3O3S/c1-8-7-13-11(17-8)9(2)14-18(15,16)6-5-12-10-3-4-10/h7,9-10,12,14H,3-6H2,1-2H3. The first kappa shape index (κ1) is 13.5. The molecule has 0 radical (unpaired) electrons. The molecule has 0 spiro atoms. The number of oxazole rings is 1. The number of nitrogens with one attached hydrogen (secondary N) is 2. The average Bonchev–Trinajstić information content (AvgIpc) is 2.98. The third-order valence-electron chi connectivity index (χ3n) is 2.75. The second-order valence-corrected chi connectivity index (χ2v) is 6.57. The second-order valence-electron chi connectivity index (χ2n) is 4.70. The highest BCUT2D eigenvalue weighted by atomic mass is 32.2. The van der Waals surface area contributed by atoms with Crippen LogP contribution >= 0.6 is 0 Å². The fourth-order valence-corrected chi connectivity index (χ4v) is 2.78. The van der Waals surface area contributed by atoms with Crippen LogP contribution in [0.3, 0.4) is 0 Å². The molecule has 2 rings (SSSR count). The summed E-state index contributed by atoms with van der Waals surface area (Å²) in [6, 6.07) is 0.0802. The predicted molar refractivity (Wildman–Crippen MR) is 67.6 cm³/mol. The van der Waals surface area contributed by atoms with Gasteiger partial charge in [-0.1, -0.05) is 0 Å². The van der Waals surface area contributed by atoms with Crippen molar-refractivity contribution in [3.05, 3.63) is 17.8 Å². The zero-order valence-corrected chi connectivity index (χ0v) is 11.5. The van der Waals surface area contributed by atoms with Gasteiger partial charge in [-0.25, -0.2) is 18.1 Å². The number of nitrogens with zero attached hydrogens (tertiary/aromatic N) is 1. The zero-order chi connectivity index (χ0) is 13.2. The van der Waals surface area contributed by atoms with Crippen LogP contribution in [0.4, 0.5) is 0 Å². The Labute approximate surface area is 107 Å². The number of sulfonamides is 1. The Balaban J connectivity index is 1.82. The van der Waals surface area contributed by atoms with Gasteiger partial charge in [-0.15, -0.1) is 0 Å². The molecule has 1 saturated carbocycles. The molecule has 1 aromatic rings. The van der Waals surface area contributed by atoms with E-state index < -0.39 is 16.1 Å². The topological polar surface area (TPSA) is 84.2 Å². The maximum Gasteiger partial charge on any atom is 0.213 e. The first-order valence-corrected chi connectivity index (χ1v) is 7.77. The molecular formula is C11H19N3O3S. The van der Waals surface area contributed by atoms with Crippen molar-refractivity contribution >= 4 is 10.0 Å². The average molecular weight is 273 g/mol. The first-order chi connectivity index (χ1) is 8.46. The number of hydrogen-bond donors (Lipinski definition) is 2. The Morgan fingerprint density at radius 1 is 1.56 bits per heavy atom. The number of aryl methyl sites for hydroxylation is 1. The van der Waals surface area contributed by atoms with E-state index in [4.69, 9.17) is 4.42 Å². The Morgan fingerprint density at radius 2 is 2.28 bits per heavy atom. The fourth-order valence-electron chi connectivity index (χ4n) is 1.64. The fraction of sp³-hybridized carbons (Fsp3) is 0.727. The smallest absolute Gasteiger partial charge is 0.213 e. The lowest BCUT2D eigenvalue weighted by Crippen LogP contribution is -2.34. The van der Waals surface area contributed by atoms with Gasteiger partial charge in [0.2, 0.25) is 15.9 Å². The monoisotopic (exact) mass is 273 g/mol. The highest BCUT2D eigenvalue weighted by Crippen LogP contribution is 2.18. The number of aromatic nitrogens is 1. The van der Waals surface area contributed by atoms with E-state index in [-0.39, 0.29) is 5.75 Å². The van der Waals surface area contributed by atoms with Gasteiger partial charge in [-0.3, -0.25) is 0 Å². The molecule has 1 aliphatic carbocycles. The summed E-state index contributed by atoms with van der Waals surface area (Å²) in [7, 11) is -3.30. The van der Waals surface area contributed by atoms with Crippen molar-refractivity contribution < 1.29 is 12.8 Å². The molecule has 0 saturated heterocycles. The van der Waals surface area contributed by atoms with Gasteiger partial charge in [-0.05, 0) is 26.7 Å². The normalized spacial score (nSPS) is 17.9. The molecule has 7 heteroatoms. The lowest BCUT2D eigenvalue weighted by Gasteiger charge is -2.11. The summed E-state index contributed by atoms with van der Waals surface area (Å²) in [5.74, 6) is 1.14. The Bertz CT molecular complexity index is 493. The molecular weight excluding hydrogens is 254 g/mol. The van der Waals surface area contributed by atoms with Crippen molar-refractivity contribution in [1.29, 1.82) is 0 Å². The molecule has 0 amide bonds. The van der Waals surface area contributed by atoms with Crippen molar-refractivity contribution in [2.24, 2.45) is 0 Å². The van der Waals surface area contributed by atoms with Crippen LogP contribution in [0, 0.1) is 6.92 Å². The summed E-state index contributed by atoms with van der Waals surface area (Å²) in [6.45, 7) is 3.98. The molecule has 18 heavy (non-hydrogen) atoms. The Hall–Kier alpha value is -0.920. The van der Waals surface area contributed by atoms with Crippen molar-refractivity contribution in [2.45, 2.75) is 38.8 Å². The molecule has 1 fully saturated rings. The van der Waals surface area contributed by atoms with Gasteiger partial charge < -0.3 is 9.73 Å². The van der Waals surface area contributed by atoms with Gasteiger partial charge in [0.15, 0.2) is 0 Å². The van der Waals surface area contributed by atoms with Crippen LogP contribution in [0.1, 0.15) is 37.5 Å². The zero-order valence-electron chi connectivity index (χ0n) is 10.6. The molecule has 1 atom stereocenters. The third-order valence-corrected chi connectivity index (χ3v) is 4.20. The minimum Gasteiger partial charge on any atom is -0.444 e. The van der Waals surface area contributed by atoms with Crippen LogP contribution in [0.2, 0.25) is 0 Å². The molecule has 1 aliphatic rings. The van der Waals surface area contributed by atoms with E-state index >= 15 is 0 Å². The predicted octanol–water partition coefficient (Wildman–Crippen LogP) is 0.715. The van der Waals surface area contributed by atoms with E-state index in [1.807, 2.05) is 0 Å². The minimum absolute atomic E-state index is 0.0769. The molecule has 1 aromatic heterocycles. The lowest BCUT2D eigenvalue weighted by atomic mass is 10.4. The van der Waals surface area contributed by atoms with E-state index in [9.17, 15) is 8.42 Å². The van der Waals surface area contributed by atoms with Crippen LogP contribution < -0.4 is 10.0 Å². The van der Waals surface area contributed by atoms with Crippen LogP contribution in [0.5, 0.6) is 0 Å². The highest BCUT2D eigenvalue weighted by Gasteiger charge is 2.22. The van der Waals surface area contributed by atoms with Gasteiger partial charge in [0, 0.05) is 12.6 Å². The van der Waals surface area contributed by atoms with Crippen LogP contribution in [0.25, 0.3) is 0 Å². The SMILES string of the molecule is Cc1cnc(C(C)NS(=O)(=O)CCNC2CC2)o1. The van der Waals surface area contributed by atoms with Crippen LogP contribution in [-0.2, 0) is 10.0 Å². The van der Waals surface area contributed by atoms with Crippen molar-refractivity contribution in [2.75, 3.05) is 12.3 Å². The van der Waals surface area contributed by atoms with Crippen LogP contribution in [0.15, 0.2) is 10.6 Å². The number of hydrogen-bond acceptors (Lipinski definition) is 5. The molecule has 102 valence electrons. The lowest BCUT2D eigenvalue weighted by molar-refractivity contribution is 0.427. The first-order valence-electron chi connectivity index (χ1n) is 6.12. The number of rotatable bonds is 7. The van der Waals surface area contributed by atoms with Gasteiger partial charge >= 0.3 is 0 Å². The Kier molecular flexibility index (Phi) is 4.04. The van der Waals surface area contributed by atoms with Crippen molar-refractivity contribution in [3.63, 3.8) is 0 Å². The summed E-state index contributed by atoms with van der Waals surface area (Å²) in [6.07, 6.45) is 3.88.